The van der Waals surface area contributed by atoms with Crippen LogP contribution in [0.2, 0.25) is 0 Å². The third-order valence-electron chi connectivity index (χ3n) is 5.98. The van der Waals surface area contributed by atoms with Crippen LogP contribution in [0.5, 0.6) is 0 Å². The van der Waals surface area contributed by atoms with Gasteiger partial charge in [0.25, 0.3) is 0 Å². The second kappa shape index (κ2) is 9.13. The summed E-state index contributed by atoms with van der Waals surface area (Å²) in [5.74, 6) is 0.973. The van der Waals surface area contributed by atoms with E-state index in [9.17, 15) is 9.90 Å². The highest BCUT2D eigenvalue weighted by atomic mass is 16.3. The summed E-state index contributed by atoms with van der Waals surface area (Å²) in [4.78, 5) is 23.3. The van der Waals surface area contributed by atoms with E-state index in [1.807, 2.05) is 36.4 Å². The number of anilines is 3. The van der Waals surface area contributed by atoms with Gasteiger partial charge in [-0.25, -0.2) is 9.97 Å². The van der Waals surface area contributed by atoms with Gasteiger partial charge in [-0.2, -0.15) is 15.3 Å². The maximum absolute atomic E-state index is 12.5. The van der Waals surface area contributed by atoms with Gasteiger partial charge in [0.2, 0.25) is 5.91 Å². The molecule has 5 aromatic rings. The van der Waals surface area contributed by atoms with Crippen LogP contribution in [0, 0.1) is 0 Å². The zero-order chi connectivity index (χ0) is 24.5. The molecular weight excluding hydrogens is 458 g/mol. The van der Waals surface area contributed by atoms with Crippen molar-refractivity contribution in [1.82, 2.24) is 35.3 Å². The topological polar surface area (TPSA) is 145 Å². The number of carbonyl (C=O) groups excluding carboxylic acids is 1. The van der Waals surface area contributed by atoms with Crippen LogP contribution in [-0.2, 0) is 11.3 Å². The lowest BCUT2D eigenvalue weighted by atomic mass is 10.1. The summed E-state index contributed by atoms with van der Waals surface area (Å²) in [6.07, 6.45) is 5.57. The lowest BCUT2D eigenvalue weighted by molar-refractivity contribution is -0.120. The summed E-state index contributed by atoms with van der Waals surface area (Å²) in [5, 5.41) is 32.3. The van der Waals surface area contributed by atoms with Crippen molar-refractivity contribution in [2.45, 2.75) is 12.8 Å². The van der Waals surface area contributed by atoms with Crippen molar-refractivity contribution in [2.75, 3.05) is 17.2 Å². The van der Waals surface area contributed by atoms with Gasteiger partial charge in [-0.1, -0.05) is 12.1 Å². The molecule has 36 heavy (non-hydrogen) atoms. The molecule has 11 nitrogen and oxygen atoms in total. The number of fused-ring (bicyclic) bond motifs is 2. The summed E-state index contributed by atoms with van der Waals surface area (Å²) in [6.45, 7) is 0.458. The lowest BCUT2D eigenvalue weighted by Gasteiger charge is -2.19. The van der Waals surface area contributed by atoms with E-state index in [0.29, 0.717) is 23.9 Å². The zero-order valence-corrected chi connectivity index (χ0v) is 19.0. The van der Waals surface area contributed by atoms with Gasteiger partial charge in [0.15, 0.2) is 5.82 Å². The van der Waals surface area contributed by atoms with E-state index in [4.69, 9.17) is 0 Å². The zero-order valence-electron chi connectivity index (χ0n) is 19.0. The first-order chi connectivity index (χ1) is 17.6. The molecule has 3 aromatic heterocycles. The average Bonchev–Trinajstić information content (AvgIpc) is 3.48. The van der Waals surface area contributed by atoms with Crippen molar-refractivity contribution in [2.24, 2.45) is 0 Å². The normalized spacial score (nSPS) is 15.1. The van der Waals surface area contributed by atoms with Crippen LogP contribution in [0.4, 0.5) is 17.2 Å². The average molecular weight is 480 g/mol. The third-order valence-corrected chi connectivity index (χ3v) is 5.98. The van der Waals surface area contributed by atoms with Crippen molar-refractivity contribution >= 4 is 34.0 Å². The quantitative estimate of drug-likeness (QED) is 0.289. The van der Waals surface area contributed by atoms with E-state index in [2.05, 4.69) is 41.0 Å². The van der Waals surface area contributed by atoms with E-state index in [-0.39, 0.29) is 12.5 Å². The van der Waals surface area contributed by atoms with E-state index in [1.165, 1.54) is 12.4 Å². The number of aromatic nitrogens is 6. The molecule has 178 valence electrons. The number of nitrogens with zero attached hydrogens (tertiary/aromatic N) is 6. The molecular formula is C25H21N9O2. The number of amides is 1. The highest BCUT2D eigenvalue weighted by molar-refractivity contribution is 5.92. The summed E-state index contributed by atoms with van der Waals surface area (Å²) in [6, 6.07) is 15.1. The summed E-state index contributed by atoms with van der Waals surface area (Å²) in [7, 11) is 0. The fourth-order valence-electron chi connectivity index (χ4n) is 4.26. The van der Waals surface area contributed by atoms with Crippen LogP contribution in [-0.4, -0.2) is 52.8 Å². The molecule has 0 saturated carbocycles. The molecule has 4 N–H and O–H groups in total. The Kier molecular flexibility index (Phi) is 5.52. The van der Waals surface area contributed by atoms with E-state index < -0.39 is 6.23 Å². The van der Waals surface area contributed by atoms with Crippen molar-refractivity contribution in [3.8, 4) is 11.4 Å². The monoisotopic (exact) mass is 479 g/mol. The number of benzene rings is 2. The standard InChI is InChI=1S/C25H21N9O2/c35-23(31-19-5-8-27-28-12-19)14-34-13-17-9-15(1-3-20(17)25(34)36)24-26-7-6-22(32-24)30-18-2-4-21-16(10-18)11-29-33-21/h1-12,25,36H,13-14H2,(H,29,33)(H,26,30,32)(H,27,31,35). The number of H-pyrrole nitrogens is 1. The molecule has 0 aliphatic carbocycles. The van der Waals surface area contributed by atoms with Crippen molar-refractivity contribution in [3.63, 3.8) is 0 Å². The van der Waals surface area contributed by atoms with Gasteiger partial charge in [0.1, 0.15) is 12.0 Å². The Balaban J connectivity index is 1.17. The van der Waals surface area contributed by atoms with E-state index in [1.54, 1.807) is 29.4 Å². The minimum Gasteiger partial charge on any atom is -0.374 e. The second-order valence-corrected chi connectivity index (χ2v) is 8.43. The van der Waals surface area contributed by atoms with Crippen LogP contribution in [0.15, 0.2) is 73.3 Å². The molecule has 1 amide bonds. The molecule has 11 heteroatoms. The molecule has 0 spiro atoms. The predicted molar refractivity (Wildman–Crippen MR) is 133 cm³/mol. The highest BCUT2D eigenvalue weighted by Gasteiger charge is 2.30. The molecule has 1 aliphatic rings. The van der Waals surface area contributed by atoms with Crippen molar-refractivity contribution in [3.05, 3.63) is 84.4 Å². The fourth-order valence-corrected chi connectivity index (χ4v) is 4.26. The van der Waals surface area contributed by atoms with E-state index >= 15 is 0 Å². The number of aliphatic hydroxyl groups excluding tert-OH is 1. The number of hydrogen-bond donors (Lipinski definition) is 4. The molecule has 0 bridgehead atoms. The Morgan fingerprint density at radius 1 is 1.06 bits per heavy atom. The number of carbonyl (C=O) groups is 1. The number of hydrogen-bond acceptors (Lipinski definition) is 9. The highest BCUT2D eigenvalue weighted by Crippen LogP contribution is 2.34. The maximum Gasteiger partial charge on any atom is 0.238 e. The van der Waals surface area contributed by atoms with Gasteiger partial charge in [0, 0.05) is 29.4 Å². The lowest BCUT2D eigenvalue weighted by Crippen LogP contribution is -2.32. The van der Waals surface area contributed by atoms with Gasteiger partial charge in [-0.05, 0) is 47.5 Å². The SMILES string of the molecule is O=C(CN1Cc2cc(-c3nccc(Nc4ccc5[nH]ncc5c4)n3)ccc2C1O)Nc1ccnnc1. The first-order valence-corrected chi connectivity index (χ1v) is 11.3. The molecule has 1 unspecified atom stereocenters. The molecule has 2 aromatic carbocycles. The minimum absolute atomic E-state index is 0.0322. The van der Waals surface area contributed by atoms with Crippen LogP contribution in [0.3, 0.4) is 0 Å². The summed E-state index contributed by atoms with van der Waals surface area (Å²) >= 11 is 0. The minimum atomic E-state index is -0.873. The smallest absolute Gasteiger partial charge is 0.238 e. The Bertz CT molecular complexity index is 1550. The molecule has 0 fully saturated rings. The van der Waals surface area contributed by atoms with Crippen LogP contribution in [0.25, 0.3) is 22.3 Å². The van der Waals surface area contributed by atoms with Gasteiger partial charge in [0.05, 0.1) is 36.3 Å². The molecule has 6 rings (SSSR count). The summed E-state index contributed by atoms with van der Waals surface area (Å²) < 4.78 is 0. The van der Waals surface area contributed by atoms with Gasteiger partial charge in [-0.3, -0.25) is 14.8 Å². The Labute approximate surface area is 205 Å². The van der Waals surface area contributed by atoms with Crippen molar-refractivity contribution < 1.29 is 9.90 Å². The van der Waals surface area contributed by atoms with Gasteiger partial charge >= 0.3 is 0 Å². The predicted octanol–water partition coefficient (Wildman–Crippen LogP) is 3.00. The maximum atomic E-state index is 12.5. The van der Waals surface area contributed by atoms with E-state index in [0.717, 1.165) is 33.3 Å². The Morgan fingerprint density at radius 2 is 2.00 bits per heavy atom. The first-order valence-electron chi connectivity index (χ1n) is 11.3. The number of rotatable bonds is 6. The molecule has 4 heterocycles. The number of aromatic amines is 1. The van der Waals surface area contributed by atoms with Gasteiger partial charge in [-0.15, -0.1) is 0 Å². The number of aliphatic hydroxyl groups is 1. The largest absolute Gasteiger partial charge is 0.374 e. The Hall–Kier alpha value is -4.74. The molecule has 1 aliphatic heterocycles. The molecule has 1 atom stereocenters. The van der Waals surface area contributed by atoms with Gasteiger partial charge < -0.3 is 15.7 Å². The fraction of sp³-hybridized carbons (Fsp3) is 0.120. The van der Waals surface area contributed by atoms with Crippen molar-refractivity contribution in [1.29, 1.82) is 0 Å². The Morgan fingerprint density at radius 3 is 2.89 bits per heavy atom. The summed E-state index contributed by atoms with van der Waals surface area (Å²) in [5.41, 5.74) is 4.92. The number of nitrogens with one attached hydrogen (secondary N) is 3. The van der Waals surface area contributed by atoms with Crippen LogP contribution in [0.1, 0.15) is 17.4 Å². The third kappa shape index (κ3) is 4.35. The second-order valence-electron chi connectivity index (χ2n) is 8.43. The molecule has 0 radical (unpaired) electrons. The first kappa shape index (κ1) is 21.8. The van der Waals surface area contributed by atoms with Crippen LogP contribution < -0.4 is 10.6 Å². The van der Waals surface area contributed by atoms with Crippen LogP contribution >= 0.6 is 0 Å². The molecule has 0 saturated heterocycles.